The zero-order valence-electron chi connectivity index (χ0n) is 12.6. The van der Waals surface area contributed by atoms with Crippen LogP contribution in [0.4, 0.5) is 0 Å². The fourth-order valence-electron chi connectivity index (χ4n) is 2.07. The van der Waals surface area contributed by atoms with Gasteiger partial charge in [0.2, 0.25) is 0 Å². The predicted octanol–water partition coefficient (Wildman–Crippen LogP) is 3.18. The third kappa shape index (κ3) is 4.83. The predicted molar refractivity (Wildman–Crippen MR) is 77.1 cm³/mol. The molecule has 1 unspecified atom stereocenters. The van der Waals surface area contributed by atoms with Crippen LogP contribution >= 0.6 is 0 Å². The maximum atomic E-state index is 12.1. The standard InChI is InChI=1S/C16H24O4/c1-4-9-19-15(17)13-8-6-7-12(3)11-14(13)16(18)20-10-5-2/h7,11,13H,4-6,8-10H2,1-3H3. The molecule has 20 heavy (non-hydrogen) atoms. The van der Waals surface area contributed by atoms with Crippen molar-refractivity contribution in [3.05, 3.63) is 23.3 Å². The van der Waals surface area contributed by atoms with Crippen LogP contribution < -0.4 is 0 Å². The molecule has 0 bridgehead atoms. The summed E-state index contributed by atoms with van der Waals surface area (Å²) in [5, 5.41) is 0. The molecule has 1 rings (SSSR count). The second-order valence-electron chi connectivity index (χ2n) is 4.98. The molecule has 0 amide bonds. The molecule has 0 aliphatic heterocycles. The normalized spacial score (nSPS) is 18.6. The highest BCUT2D eigenvalue weighted by Gasteiger charge is 2.30. The smallest absolute Gasteiger partial charge is 0.334 e. The zero-order valence-corrected chi connectivity index (χ0v) is 12.6. The Morgan fingerprint density at radius 2 is 1.85 bits per heavy atom. The lowest BCUT2D eigenvalue weighted by molar-refractivity contribution is -0.150. The molecule has 1 atom stereocenters. The molecular weight excluding hydrogens is 256 g/mol. The molecule has 0 saturated heterocycles. The van der Waals surface area contributed by atoms with Gasteiger partial charge in [-0.05, 0) is 38.7 Å². The Balaban J connectivity index is 2.86. The van der Waals surface area contributed by atoms with Crippen molar-refractivity contribution in [2.24, 2.45) is 5.92 Å². The maximum Gasteiger partial charge on any atom is 0.334 e. The lowest BCUT2D eigenvalue weighted by Crippen LogP contribution is -2.25. The summed E-state index contributed by atoms with van der Waals surface area (Å²) in [6, 6.07) is 0. The highest BCUT2D eigenvalue weighted by atomic mass is 16.5. The molecule has 0 aromatic carbocycles. The molecule has 0 aromatic rings. The van der Waals surface area contributed by atoms with Crippen molar-refractivity contribution in [2.45, 2.75) is 46.5 Å². The van der Waals surface area contributed by atoms with Crippen molar-refractivity contribution >= 4 is 11.9 Å². The van der Waals surface area contributed by atoms with Gasteiger partial charge >= 0.3 is 11.9 Å². The number of esters is 2. The Kier molecular flexibility index (Phi) is 7.05. The van der Waals surface area contributed by atoms with Crippen LogP contribution in [0.15, 0.2) is 23.3 Å². The molecule has 0 spiro atoms. The lowest BCUT2D eigenvalue weighted by atomic mass is 9.95. The van der Waals surface area contributed by atoms with E-state index in [0.29, 0.717) is 25.2 Å². The molecule has 0 heterocycles. The highest BCUT2D eigenvalue weighted by molar-refractivity contribution is 5.96. The quantitative estimate of drug-likeness (QED) is 0.701. The van der Waals surface area contributed by atoms with E-state index < -0.39 is 11.9 Å². The van der Waals surface area contributed by atoms with Crippen molar-refractivity contribution in [2.75, 3.05) is 13.2 Å². The summed E-state index contributed by atoms with van der Waals surface area (Å²) in [7, 11) is 0. The van der Waals surface area contributed by atoms with E-state index in [-0.39, 0.29) is 5.97 Å². The van der Waals surface area contributed by atoms with E-state index in [9.17, 15) is 9.59 Å². The first-order valence-corrected chi connectivity index (χ1v) is 7.32. The van der Waals surface area contributed by atoms with Crippen molar-refractivity contribution in [3.8, 4) is 0 Å². The third-order valence-electron chi connectivity index (χ3n) is 3.09. The van der Waals surface area contributed by atoms with Crippen LogP contribution in [0, 0.1) is 5.92 Å². The number of hydrogen-bond acceptors (Lipinski definition) is 4. The first-order chi connectivity index (χ1) is 9.60. The minimum absolute atomic E-state index is 0.324. The van der Waals surface area contributed by atoms with Crippen molar-refractivity contribution < 1.29 is 19.1 Å². The van der Waals surface area contributed by atoms with Crippen LogP contribution in [0.5, 0.6) is 0 Å². The fourth-order valence-corrected chi connectivity index (χ4v) is 2.07. The number of rotatable bonds is 6. The number of hydrogen-bond donors (Lipinski definition) is 0. The van der Waals surface area contributed by atoms with Crippen molar-refractivity contribution in [1.82, 2.24) is 0 Å². The first-order valence-electron chi connectivity index (χ1n) is 7.32. The van der Waals surface area contributed by atoms with Crippen molar-refractivity contribution in [1.29, 1.82) is 0 Å². The van der Waals surface area contributed by atoms with Gasteiger partial charge in [-0.2, -0.15) is 0 Å². The van der Waals surface area contributed by atoms with Gasteiger partial charge in [-0.1, -0.05) is 25.5 Å². The molecule has 1 aliphatic carbocycles. The van der Waals surface area contributed by atoms with Crippen LogP contribution in [0.1, 0.15) is 46.5 Å². The molecule has 0 saturated carbocycles. The van der Waals surface area contributed by atoms with Gasteiger partial charge < -0.3 is 9.47 Å². The van der Waals surface area contributed by atoms with E-state index in [4.69, 9.17) is 9.47 Å². The Morgan fingerprint density at radius 3 is 2.50 bits per heavy atom. The Labute approximate surface area is 120 Å². The Morgan fingerprint density at radius 1 is 1.20 bits per heavy atom. The first kappa shape index (κ1) is 16.5. The van der Waals surface area contributed by atoms with Crippen LogP contribution in [0.3, 0.4) is 0 Å². The van der Waals surface area contributed by atoms with Gasteiger partial charge in [0.15, 0.2) is 0 Å². The zero-order chi connectivity index (χ0) is 15.0. The number of ether oxygens (including phenoxy) is 2. The van der Waals surface area contributed by atoms with E-state index in [2.05, 4.69) is 0 Å². The van der Waals surface area contributed by atoms with Crippen LogP contribution in [-0.2, 0) is 19.1 Å². The fraction of sp³-hybridized carbons (Fsp3) is 0.625. The second-order valence-corrected chi connectivity index (χ2v) is 4.98. The van der Waals surface area contributed by atoms with Crippen LogP contribution in [0.25, 0.3) is 0 Å². The average molecular weight is 280 g/mol. The maximum absolute atomic E-state index is 12.1. The molecule has 4 heteroatoms. The molecule has 0 N–H and O–H groups in total. The van der Waals surface area contributed by atoms with Gasteiger partial charge in [-0.3, -0.25) is 4.79 Å². The number of allylic oxidation sites excluding steroid dienone is 3. The molecule has 1 aliphatic rings. The monoisotopic (exact) mass is 280 g/mol. The minimum atomic E-state index is -0.514. The van der Waals surface area contributed by atoms with Gasteiger partial charge in [0.05, 0.1) is 24.7 Å². The second kappa shape index (κ2) is 8.56. The lowest BCUT2D eigenvalue weighted by Gasteiger charge is -2.17. The van der Waals surface area contributed by atoms with Crippen molar-refractivity contribution in [3.63, 3.8) is 0 Å². The van der Waals surface area contributed by atoms with E-state index in [1.165, 1.54) is 0 Å². The summed E-state index contributed by atoms with van der Waals surface area (Å²) < 4.78 is 10.4. The topological polar surface area (TPSA) is 52.6 Å². The van der Waals surface area contributed by atoms with E-state index in [1.54, 1.807) is 6.08 Å². The summed E-state index contributed by atoms with van der Waals surface area (Å²) in [6.07, 6.45) is 6.67. The third-order valence-corrected chi connectivity index (χ3v) is 3.09. The number of carbonyl (C=O) groups is 2. The summed E-state index contributed by atoms with van der Waals surface area (Å²) in [6.45, 7) is 6.56. The molecule has 0 fully saturated rings. The summed E-state index contributed by atoms with van der Waals surface area (Å²) in [5.74, 6) is -1.24. The Bertz CT molecular complexity index is 407. The van der Waals surface area contributed by atoms with Crippen LogP contribution in [0.2, 0.25) is 0 Å². The van der Waals surface area contributed by atoms with Gasteiger partial charge in [0.25, 0.3) is 0 Å². The summed E-state index contributed by atoms with van der Waals surface area (Å²) >= 11 is 0. The molecule has 112 valence electrons. The average Bonchev–Trinajstić information content (AvgIpc) is 2.63. The SMILES string of the molecule is CCCOC(=O)C1=CC(C)=CCCC1C(=O)OCCC. The van der Waals surface area contributed by atoms with Gasteiger partial charge in [0.1, 0.15) is 0 Å². The van der Waals surface area contributed by atoms with Crippen LogP contribution in [-0.4, -0.2) is 25.2 Å². The minimum Gasteiger partial charge on any atom is -0.465 e. The molecular formula is C16H24O4. The summed E-state index contributed by atoms with van der Waals surface area (Å²) in [4.78, 5) is 24.2. The van der Waals surface area contributed by atoms with E-state index >= 15 is 0 Å². The Hall–Kier alpha value is -1.58. The van der Waals surface area contributed by atoms with Gasteiger partial charge in [0, 0.05) is 0 Å². The highest BCUT2D eigenvalue weighted by Crippen LogP contribution is 2.26. The molecule has 0 aromatic heterocycles. The van der Waals surface area contributed by atoms with Gasteiger partial charge in [-0.15, -0.1) is 0 Å². The van der Waals surface area contributed by atoms with E-state index in [1.807, 2.05) is 26.8 Å². The van der Waals surface area contributed by atoms with Gasteiger partial charge in [-0.25, -0.2) is 4.79 Å². The molecule has 0 radical (unpaired) electrons. The van der Waals surface area contributed by atoms with E-state index in [0.717, 1.165) is 24.8 Å². The largest absolute Gasteiger partial charge is 0.465 e. The summed E-state index contributed by atoms with van der Waals surface area (Å²) in [5.41, 5.74) is 1.41. The number of carbonyl (C=O) groups excluding carboxylic acids is 2. The molecule has 4 nitrogen and oxygen atoms in total.